The number of hydrogen-bond acceptors (Lipinski definition) is 5. The minimum Gasteiger partial charge on any atom is -0.481 e. The number of nitrogens with zero attached hydrogens (tertiary/aromatic N) is 1. The summed E-state index contributed by atoms with van der Waals surface area (Å²) in [5.41, 5.74) is 0.462. The van der Waals surface area contributed by atoms with Gasteiger partial charge in [0.2, 0.25) is 0 Å². The van der Waals surface area contributed by atoms with Gasteiger partial charge in [-0.3, -0.25) is 9.59 Å². The summed E-state index contributed by atoms with van der Waals surface area (Å²) in [6, 6.07) is 7.26. The highest BCUT2D eigenvalue weighted by Crippen LogP contribution is 2.30. The number of ether oxygens (including phenoxy) is 2. The van der Waals surface area contributed by atoms with E-state index in [1.807, 2.05) is 53.7 Å². The van der Waals surface area contributed by atoms with Crippen LogP contribution in [-0.2, 0) is 31.9 Å². The SMILES string of the molecule is CC(C)(C)OC(=O)[C@@H](Cc1ccc(CC(=O)O)cc1)[C@H]1CCN(C(=O)OC(C)(C)C)C1. The first-order valence-electron chi connectivity index (χ1n) is 10.7. The van der Waals surface area contributed by atoms with Gasteiger partial charge < -0.3 is 19.5 Å². The first kappa shape index (κ1) is 24.7. The van der Waals surface area contributed by atoms with Crippen LogP contribution in [0.3, 0.4) is 0 Å². The molecule has 2 atom stereocenters. The van der Waals surface area contributed by atoms with Gasteiger partial charge in [-0.1, -0.05) is 24.3 Å². The number of amides is 1. The Morgan fingerprint density at radius 3 is 2.06 bits per heavy atom. The predicted molar refractivity (Wildman–Crippen MR) is 117 cm³/mol. The highest BCUT2D eigenvalue weighted by molar-refractivity contribution is 5.74. The van der Waals surface area contributed by atoms with Crippen molar-refractivity contribution >= 4 is 18.0 Å². The van der Waals surface area contributed by atoms with Crippen molar-refractivity contribution in [3.8, 4) is 0 Å². The Morgan fingerprint density at radius 1 is 1.00 bits per heavy atom. The number of hydrogen-bond donors (Lipinski definition) is 1. The second-order valence-electron chi connectivity index (χ2n) is 10.2. The average molecular weight is 434 g/mol. The van der Waals surface area contributed by atoms with Crippen molar-refractivity contribution in [2.24, 2.45) is 11.8 Å². The topological polar surface area (TPSA) is 93.1 Å². The number of aliphatic carboxylic acids is 1. The maximum atomic E-state index is 13.0. The fraction of sp³-hybridized carbons (Fsp3) is 0.625. The van der Waals surface area contributed by atoms with Crippen LogP contribution in [0.1, 0.15) is 59.1 Å². The second-order valence-corrected chi connectivity index (χ2v) is 10.2. The molecule has 172 valence electrons. The summed E-state index contributed by atoms with van der Waals surface area (Å²) in [6.07, 6.45) is 0.759. The molecule has 0 aromatic heterocycles. The van der Waals surface area contributed by atoms with Gasteiger partial charge in [0.25, 0.3) is 0 Å². The molecule has 7 heteroatoms. The van der Waals surface area contributed by atoms with E-state index in [9.17, 15) is 14.4 Å². The van der Waals surface area contributed by atoms with E-state index in [0.717, 1.165) is 5.56 Å². The monoisotopic (exact) mass is 433 g/mol. The smallest absolute Gasteiger partial charge is 0.410 e. The number of esters is 1. The molecule has 0 spiro atoms. The third-order valence-electron chi connectivity index (χ3n) is 4.99. The maximum absolute atomic E-state index is 13.0. The van der Waals surface area contributed by atoms with Crippen LogP contribution in [0.25, 0.3) is 0 Å². The summed E-state index contributed by atoms with van der Waals surface area (Å²) < 4.78 is 11.2. The molecule has 1 amide bonds. The summed E-state index contributed by atoms with van der Waals surface area (Å²) in [4.78, 5) is 38.0. The number of carboxylic acid groups (broad SMARTS) is 1. The summed E-state index contributed by atoms with van der Waals surface area (Å²) in [7, 11) is 0. The van der Waals surface area contributed by atoms with Crippen LogP contribution in [0, 0.1) is 11.8 Å². The number of carboxylic acids is 1. The first-order chi connectivity index (χ1) is 14.2. The standard InChI is InChI=1S/C24H35NO6/c1-23(2,3)30-21(28)19(13-16-7-9-17(10-8-16)14-20(26)27)18-11-12-25(15-18)22(29)31-24(4,5)6/h7-10,18-19H,11-15H2,1-6H3,(H,26,27)/t18-,19-/m0/s1. The summed E-state index contributed by atoms with van der Waals surface area (Å²) in [5, 5.41) is 8.94. The number of benzene rings is 1. The normalized spacial score (nSPS) is 17.9. The Kier molecular flexibility index (Phi) is 7.73. The number of carbonyl (C=O) groups excluding carboxylic acids is 2. The largest absolute Gasteiger partial charge is 0.481 e. The molecule has 0 aliphatic carbocycles. The zero-order valence-electron chi connectivity index (χ0n) is 19.4. The fourth-order valence-electron chi connectivity index (χ4n) is 3.65. The van der Waals surface area contributed by atoms with E-state index >= 15 is 0 Å². The van der Waals surface area contributed by atoms with Crippen LogP contribution in [0.4, 0.5) is 4.79 Å². The molecule has 1 aliphatic heterocycles. The van der Waals surface area contributed by atoms with Gasteiger partial charge in [-0.25, -0.2) is 4.79 Å². The third kappa shape index (κ3) is 8.23. The van der Waals surface area contributed by atoms with E-state index in [0.29, 0.717) is 31.5 Å². The lowest BCUT2D eigenvalue weighted by Crippen LogP contribution is -2.38. The van der Waals surface area contributed by atoms with Gasteiger partial charge in [0.15, 0.2) is 0 Å². The van der Waals surface area contributed by atoms with Crippen LogP contribution in [0.15, 0.2) is 24.3 Å². The van der Waals surface area contributed by atoms with Gasteiger partial charge in [0, 0.05) is 13.1 Å². The lowest BCUT2D eigenvalue weighted by atomic mass is 9.85. The Bertz CT molecular complexity index is 788. The van der Waals surface area contributed by atoms with Gasteiger partial charge in [0.05, 0.1) is 12.3 Å². The highest BCUT2D eigenvalue weighted by Gasteiger charge is 2.39. The molecule has 7 nitrogen and oxygen atoms in total. The summed E-state index contributed by atoms with van der Waals surface area (Å²) in [6.45, 7) is 12.0. The van der Waals surface area contributed by atoms with Crippen LogP contribution >= 0.6 is 0 Å². The minimum atomic E-state index is -0.882. The molecule has 1 N–H and O–H groups in total. The Hall–Kier alpha value is -2.57. The van der Waals surface area contributed by atoms with E-state index < -0.39 is 23.1 Å². The fourth-order valence-corrected chi connectivity index (χ4v) is 3.65. The van der Waals surface area contributed by atoms with Crippen molar-refractivity contribution < 1.29 is 29.0 Å². The van der Waals surface area contributed by atoms with Crippen LogP contribution < -0.4 is 0 Å². The first-order valence-corrected chi connectivity index (χ1v) is 10.7. The molecular weight excluding hydrogens is 398 g/mol. The molecule has 0 bridgehead atoms. The molecule has 31 heavy (non-hydrogen) atoms. The quantitative estimate of drug-likeness (QED) is 0.680. The van der Waals surface area contributed by atoms with E-state index in [2.05, 4.69) is 0 Å². The average Bonchev–Trinajstić information content (AvgIpc) is 3.07. The van der Waals surface area contributed by atoms with Crippen molar-refractivity contribution in [3.63, 3.8) is 0 Å². The Balaban J connectivity index is 2.15. The van der Waals surface area contributed by atoms with Gasteiger partial charge in [-0.2, -0.15) is 0 Å². The molecular formula is C24H35NO6. The zero-order valence-corrected chi connectivity index (χ0v) is 19.4. The van der Waals surface area contributed by atoms with E-state index in [-0.39, 0.29) is 24.4 Å². The highest BCUT2D eigenvalue weighted by atomic mass is 16.6. The summed E-state index contributed by atoms with van der Waals surface area (Å²) in [5.74, 6) is -1.61. The molecule has 1 saturated heterocycles. The van der Waals surface area contributed by atoms with Crippen molar-refractivity contribution in [2.75, 3.05) is 13.1 Å². The van der Waals surface area contributed by atoms with Gasteiger partial charge >= 0.3 is 18.0 Å². The lowest BCUT2D eigenvalue weighted by Gasteiger charge is -2.28. The number of likely N-dealkylation sites (tertiary alicyclic amines) is 1. The molecule has 2 rings (SSSR count). The molecule has 1 aromatic rings. The van der Waals surface area contributed by atoms with Crippen molar-refractivity contribution in [2.45, 2.75) is 72.0 Å². The third-order valence-corrected chi connectivity index (χ3v) is 4.99. The van der Waals surface area contributed by atoms with E-state index in [4.69, 9.17) is 14.6 Å². The lowest BCUT2D eigenvalue weighted by molar-refractivity contribution is -0.162. The number of carbonyl (C=O) groups is 3. The molecule has 1 heterocycles. The molecule has 1 fully saturated rings. The van der Waals surface area contributed by atoms with Crippen molar-refractivity contribution in [3.05, 3.63) is 35.4 Å². The van der Waals surface area contributed by atoms with Crippen LogP contribution in [-0.4, -0.2) is 52.3 Å². The van der Waals surface area contributed by atoms with Gasteiger partial charge in [-0.15, -0.1) is 0 Å². The van der Waals surface area contributed by atoms with Crippen LogP contribution in [0.5, 0.6) is 0 Å². The maximum Gasteiger partial charge on any atom is 0.410 e. The molecule has 1 aliphatic rings. The molecule has 0 saturated carbocycles. The van der Waals surface area contributed by atoms with Crippen LogP contribution in [0.2, 0.25) is 0 Å². The second kappa shape index (κ2) is 9.71. The number of rotatable bonds is 6. The van der Waals surface area contributed by atoms with E-state index in [1.54, 1.807) is 17.0 Å². The van der Waals surface area contributed by atoms with Gasteiger partial charge in [0.1, 0.15) is 11.2 Å². The Morgan fingerprint density at radius 2 is 1.55 bits per heavy atom. The van der Waals surface area contributed by atoms with E-state index in [1.165, 1.54) is 0 Å². The van der Waals surface area contributed by atoms with Crippen molar-refractivity contribution in [1.29, 1.82) is 0 Å². The predicted octanol–water partition coefficient (Wildman–Crippen LogP) is 4.07. The minimum absolute atomic E-state index is 0.0384. The molecule has 1 aromatic carbocycles. The van der Waals surface area contributed by atoms with Gasteiger partial charge in [-0.05, 0) is 71.4 Å². The zero-order chi connectivity index (χ0) is 23.4. The molecule has 0 radical (unpaired) electrons. The Labute approximate surface area is 184 Å². The summed E-state index contributed by atoms with van der Waals surface area (Å²) >= 11 is 0. The van der Waals surface area contributed by atoms with Crippen molar-refractivity contribution in [1.82, 2.24) is 4.90 Å². The molecule has 0 unspecified atom stereocenters.